The van der Waals surface area contributed by atoms with Crippen molar-refractivity contribution in [3.05, 3.63) is 41.6 Å². The van der Waals surface area contributed by atoms with Crippen molar-refractivity contribution in [2.75, 3.05) is 33.4 Å². The van der Waals surface area contributed by atoms with Crippen LogP contribution in [0.15, 0.2) is 24.4 Å². The van der Waals surface area contributed by atoms with Gasteiger partial charge in [-0.25, -0.2) is 9.67 Å². The average molecular weight is 357 g/mol. The first-order valence-electron chi connectivity index (χ1n) is 8.78. The fraction of sp³-hybridized carbons (Fsp3) is 0.529. The molecule has 3 aromatic heterocycles. The van der Waals surface area contributed by atoms with Gasteiger partial charge in [0.2, 0.25) is 0 Å². The minimum atomic E-state index is -0.143. The van der Waals surface area contributed by atoms with E-state index in [0.717, 1.165) is 36.8 Å². The second-order valence-electron chi connectivity index (χ2n) is 6.42. The summed E-state index contributed by atoms with van der Waals surface area (Å²) >= 11 is 0. The Kier molecular flexibility index (Phi) is 4.91. The molecule has 0 radical (unpaired) electrons. The second kappa shape index (κ2) is 7.48. The Morgan fingerprint density at radius 1 is 1.35 bits per heavy atom. The Hall–Kier alpha value is -2.36. The van der Waals surface area contributed by atoms with E-state index in [4.69, 9.17) is 9.47 Å². The van der Waals surface area contributed by atoms with Crippen molar-refractivity contribution in [1.29, 1.82) is 0 Å². The number of methoxy groups -OCH3 is 1. The third-order valence-corrected chi connectivity index (χ3v) is 4.71. The number of aromatic nitrogens is 6. The number of tetrazole rings is 1. The van der Waals surface area contributed by atoms with Gasteiger partial charge in [-0.05, 0) is 29.5 Å². The van der Waals surface area contributed by atoms with Crippen LogP contribution in [0, 0.1) is 6.92 Å². The monoisotopic (exact) mass is 357 g/mol. The Morgan fingerprint density at radius 3 is 3.15 bits per heavy atom. The Labute approximate surface area is 151 Å². The van der Waals surface area contributed by atoms with Crippen molar-refractivity contribution in [1.82, 2.24) is 34.5 Å². The minimum Gasteiger partial charge on any atom is -0.383 e. The van der Waals surface area contributed by atoms with E-state index in [1.54, 1.807) is 11.8 Å². The lowest BCUT2D eigenvalue weighted by atomic mass is 10.2. The van der Waals surface area contributed by atoms with E-state index in [-0.39, 0.29) is 6.10 Å². The Bertz CT molecular complexity index is 875. The van der Waals surface area contributed by atoms with Crippen molar-refractivity contribution in [3.8, 4) is 0 Å². The van der Waals surface area contributed by atoms with E-state index < -0.39 is 0 Å². The van der Waals surface area contributed by atoms with E-state index in [0.29, 0.717) is 19.8 Å². The highest BCUT2D eigenvalue weighted by Crippen LogP contribution is 2.22. The molecule has 26 heavy (non-hydrogen) atoms. The molecular weight excluding hydrogens is 334 g/mol. The largest absolute Gasteiger partial charge is 0.383 e. The first kappa shape index (κ1) is 17.1. The summed E-state index contributed by atoms with van der Waals surface area (Å²) in [5.41, 5.74) is 3.25. The van der Waals surface area contributed by atoms with E-state index in [1.165, 1.54) is 5.69 Å². The van der Waals surface area contributed by atoms with Crippen molar-refractivity contribution < 1.29 is 9.47 Å². The summed E-state index contributed by atoms with van der Waals surface area (Å²) in [6.45, 7) is 6.32. The lowest BCUT2D eigenvalue weighted by molar-refractivity contribution is -0.0401. The highest BCUT2D eigenvalue weighted by atomic mass is 16.5. The van der Waals surface area contributed by atoms with Gasteiger partial charge < -0.3 is 13.9 Å². The molecule has 9 heteroatoms. The molecule has 1 saturated heterocycles. The molecule has 0 unspecified atom stereocenters. The predicted molar refractivity (Wildman–Crippen MR) is 93.6 cm³/mol. The van der Waals surface area contributed by atoms with E-state index in [9.17, 15) is 0 Å². The molecule has 1 aliphatic heterocycles. The van der Waals surface area contributed by atoms with Gasteiger partial charge in [0.25, 0.3) is 0 Å². The van der Waals surface area contributed by atoms with E-state index >= 15 is 0 Å². The number of morpholine rings is 1. The second-order valence-corrected chi connectivity index (χ2v) is 6.42. The molecule has 4 heterocycles. The average Bonchev–Trinajstić information content (AvgIpc) is 3.25. The quantitative estimate of drug-likeness (QED) is 0.647. The molecule has 138 valence electrons. The molecule has 9 nitrogen and oxygen atoms in total. The molecule has 0 bridgehead atoms. The molecule has 0 aliphatic carbocycles. The first-order chi connectivity index (χ1) is 12.8. The van der Waals surface area contributed by atoms with Gasteiger partial charge in [0, 0.05) is 32.9 Å². The standard InChI is InChI=1S/C17H23N7O2/c1-13-14(23-6-4-3-5-16(23)18-13)11-22-7-10-26-15(12-22)17-19-20-21-24(17)8-9-25-2/h3-6,15H,7-12H2,1-2H3/t15-/m1/s1. The van der Waals surface area contributed by atoms with Gasteiger partial charge in [0.15, 0.2) is 5.82 Å². The maximum atomic E-state index is 5.94. The highest BCUT2D eigenvalue weighted by Gasteiger charge is 2.27. The van der Waals surface area contributed by atoms with Crippen LogP contribution in [0.5, 0.6) is 0 Å². The number of rotatable bonds is 6. The topological polar surface area (TPSA) is 82.6 Å². The van der Waals surface area contributed by atoms with Gasteiger partial charge in [-0.1, -0.05) is 6.07 Å². The molecule has 0 amide bonds. The van der Waals surface area contributed by atoms with Crippen molar-refractivity contribution in [2.24, 2.45) is 0 Å². The summed E-state index contributed by atoms with van der Waals surface area (Å²) in [5, 5.41) is 12.0. The van der Waals surface area contributed by atoms with Crippen LogP contribution >= 0.6 is 0 Å². The number of hydrogen-bond donors (Lipinski definition) is 0. The van der Waals surface area contributed by atoms with Crippen molar-refractivity contribution in [2.45, 2.75) is 26.1 Å². The van der Waals surface area contributed by atoms with E-state index in [1.807, 2.05) is 18.2 Å². The molecule has 0 saturated carbocycles. The summed E-state index contributed by atoms with van der Waals surface area (Å²) < 4.78 is 15.0. The van der Waals surface area contributed by atoms with Gasteiger partial charge in [-0.15, -0.1) is 5.10 Å². The maximum Gasteiger partial charge on any atom is 0.181 e. The zero-order valence-electron chi connectivity index (χ0n) is 15.1. The fourth-order valence-electron chi connectivity index (χ4n) is 3.35. The zero-order valence-corrected chi connectivity index (χ0v) is 15.1. The van der Waals surface area contributed by atoms with Crippen LogP contribution in [-0.4, -0.2) is 67.9 Å². The van der Waals surface area contributed by atoms with Crippen LogP contribution < -0.4 is 0 Å². The fourth-order valence-corrected chi connectivity index (χ4v) is 3.35. The zero-order chi connectivity index (χ0) is 17.9. The van der Waals surface area contributed by atoms with Gasteiger partial charge in [-0.3, -0.25) is 4.90 Å². The summed E-state index contributed by atoms with van der Waals surface area (Å²) in [6.07, 6.45) is 1.92. The van der Waals surface area contributed by atoms with Crippen molar-refractivity contribution >= 4 is 5.65 Å². The summed E-state index contributed by atoms with van der Waals surface area (Å²) in [7, 11) is 1.67. The first-order valence-corrected chi connectivity index (χ1v) is 8.78. The van der Waals surface area contributed by atoms with Gasteiger partial charge in [-0.2, -0.15) is 0 Å². The molecular formula is C17H23N7O2. The molecule has 3 aromatic rings. The van der Waals surface area contributed by atoms with Crippen LogP contribution in [0.3, 0.4) is 0 Å². The molecule has 1 aliphatic rings. The van der Waals surface area contributed by atoms with Gasteiger partial charge in [0.1, 0.15) is 11.8 Å². The molecule has 4 rings (SSSR count). The normalized spacial score (nSPS) is 18.6. The van der Waals surface area contributed by atoms with Crippen LogP contribution in [0.1, 0.15) is 23.3 Å². The summed E-state index contributed by atoms with van der Waals surface area (Å²) in [6, 6.07) is 6.07. The van der Waals surface area contributed by atoms with Crippen LogP contribution in [0.25, 0.3) is 5.65 Å². The Balaban J connectivity index is 1.50. The van der Waals surface area contributed by atoms with Gasteiger partial charge in [0.05, 0.1) is 31.1 Å². The third kappa shape index (κ3) is 3.33. The van der Waals surface area contributed by atoms with E-state index in [2.05, 4.69) is 42.9 Å². The highest BCUT2D eigenvalue weighted by molar-refractivity contribution is 5.42. The number of aryl methyl sites for hydroxylation is 1. The van der Waals surface area contributed by atoms with Gasteiger partial charge >= 0.3 is 0 Å². The SMILES string of the molecule is COCCn1nnnc1[C@H]1CN(Cc2c(C)nc3ccccn23)CCO1. The molecule has 0 N–H and O–H groups in total. The Morgan fingerprint density at radius 2 is 2.27 bits per heavy atom. The molecule has 1 atom stereocenters. The maximum absolute atomic E-state index is 5.94. The molecule has 0 aromatic carbocycles. The lowest BCUT2D eigenvalue weighted by Crippen LogP contribution is -2.39. The number of hydrogen-bond acceptors (Lipinski definition) is 7. The number of ether oxygens (including phenoxy) is 2. The number of pyridine rings is 1. The van der Waals surface area contributed by atoms with Crippen LogP contribution in [0.2, 0.25) is 0 Å². The van der Waals surface area contributed by atoms with Crippen LogP contribution in [0.4, 0.5) is 0 Å². The molecule has 0 spiro atoms. The number of imidazole rings is 1. The summed E-state index contributed by atoms with van der Waals surface area (Å²) in [4.78, 5) is 7.02. The molecule has 1 fully saturated rings. The number of fused-ring (bicyclic) bond motifs is 1. The third-order valence-electron chi connectivity index (χ3n) is 4.71. The van der Waals surface area contributed by atoms with Crippen molar-refractivity contribution in [3.63, 3.8) is 0 Å². The summed E-state index contributed by atoms with van der Waals surface area (Å²) in [5.74, 6) is 0.751. The van der Waals surface area contributed by atoms with Crippen LogP contribution in [-0.2, 0) is 22.6 Å². The predicted octanol–water partition coefficient (Wildman–Crippen LogP) is 0.849. The smallest absolute Gasteiger partial charge is 0.181 e. The minimum absolute atomic E-state index is 0.143. The number of nitrogens with zero attached hydrogens (tertiary/aromatic N) is 7. The lowest BCUT2D eigenvalue weighted by Gasteiger charge is -2.32.